The molecule has 0 saturated heterocycles. The van der Waals surface area contributed by atoms with Crippen molar-refractivity contribution >= 4 is 15.9 Å². The third kappa shape index (κ3) is 3.26. The van der Waals surface area contributed by atoms with E-state index in [-0.39, 0.29) is 11.9 Å². The lowest BCUT2D eigenvalue weighted by Crippen LogP contribution is -2.30. The molecule has 0 aliphatic rings. The Morgan fingerprint density at radius 1 is 1.25 bits per heavy atom. The highest BCUT2D eigenvalue weighted by atomic mass is 79.9. The standard InChI is InChI=1S/C16H18BrFN2/c1-10-6-7-13(11(2)8-10)15(20-19)9-12-4-3-5-14(18)16(12)17/h3-8,15,20H,9,19H2,1-2H3. The molecule has 0 aromatic heterocycles. The summed E-state index contributed by atoms with van der Waals surface area (Å²) in [7, 11) is 0. The van der Waals surface area contributed by atoms with E-state index in [1.807, 2.05) is 6.07 Å². The van der Waals surface area contributed by atoms with Gasteiger partial charge < -0.3 is 0 Å². The van der Waals surface area contributed by atoms with Crippen LogP contribution in [-0.2, 0) is 6.42 Å². The fourth-order valence-electron chi connectivity index (χ4n) is 2.40. The number of hydrogen-bond donors (Lipinski definition) is 2. The van der Waals surface area contributed by atoms with Crippen molar-refractivity contribution in [3.8, 4) is 0 Å². The van der Waals surface area contributed by atoms with Gasteiger partial charge in [0.2, 0.25) is 0 Å². The first kappa shape index (κ1) is 15.2. The molecule has 0 saturated carbocycles. The summed E-state index contributed by atoms with van der Waals surface area (Å²) in [6.45, 7) is 4.12. The quantitative estimate of drug-likeness (QED) is 0.655. The van der Waals surface area contributed by atoms with Crippen molar-refractivity contribution in [2.75, 3.05) is 0 Å². The first-order valence-corrected chi connectivity index (χ1v) is 7.28. The first-order chi connectivity index (χ1) is 9.52. The zero-order chi connectivity index (χ0) is 14.7. The maximum atomic E-state index is 13.6. The SMILES string of the molecule is Cc1ccc(C(Cc2cccc(F)c2Br)NN)c(C)c1. The molecule has 1 unspecified atom stereocenters. The van der Waals surface area contributed by atoms with Crippen LogP contribution in [0.25, 0.3) is 0 Å². The number of rotatable bonds is 4. The largest absolute Gasteiger partial charge is 0.271 e. The van der Waals surface area contributed by atoms with Gasteiger partial charge in [-0.3, -0.25) is 11.3 Å². The van der Waals surface area contributed by atoms with Crippen LogP contribution in [-0.4, -0.2) is 0 Å². The van der Waals surface area contributed by atoms with Gasteiger partial charge in [-0.25, -0.2) is 4.39 Å². The highest BCUT2D eigenvalue weighted by Crippen LogP contribution is 2.27. The monoisotopic (exact) mass is 336 g/mol. The third-order valence-corrected chi connectivity index (χ3v) is 4.35. The Kier molecular flexibility index (Phi) is 4.91. The fourth-order valence-corrected chi connectivity index (χ4v) is 2.83. The van der Waals surface area contributed by atoms with Crippen LogP contribution in [0, 0.1) is 19.7 Å². The number of hydrogen-bond acceptors (Lipinski definition) is 2. The molecule has 0 amide bonds. The van der Waals surface area contributed by atoms with Crippen molar-refractivity contribution in [3.05, 3.63) is 68.9 Å². The number of nitrogens with two attached hydrogens (primary N) is 1. The molecule has 20 heavy (non-hydrogen) atoms. The number of hydrazine groups is 1. The topological polar surface area (TPSA) is 38.0 Å². The van der Waals surface area contributed by atoms with Gasteiger partial charge in [-0.05, 0) is 59.0 Å². The molecule has 1 atom stereocenters. The third-order valence-electron chi connectivity index (χ3n) is 3.46. The molecular formula is C16H18BrFN2. The zero-order valence-corrected chi connectivity index (χ0v) is 13.2. The summed E-state index contributed by atoms with van der Waals surface area (Å²) < 4.78 is 14.1. The van der Waals surface area contributed by atoms with Crippen molar-refractivity contribution in [2.45, 2.75) is 26.3 Å². The summed E-state index contributed by atoms with van der Waals surface area (Å²) in [5, 5.41) is 0. The van der Waals surface area contributed by atoms with Gasteiger partial charge in [0.05, 0.1) is 10.5 Å². The molecule has 2 aromatic rings. The summed E-state index contributed by atoms with van der Waals surface area (Å²) >= 11 is 3.30. The van der Waals surface area contributed by atoms with E-state index in [1.54, 1.807) is 6.07 Å². The van der Waals surface area contributed by atoms with Crippen LogP contribution in [0.15, 0.2) is 40.9 Å². The average molecular weight is 337 g/mol. The van der Waals surface area contributed by atoms with E-state index in [1.165, 1.54) is 17.2 Å². The second-order valence-electron chi connectivity index (χ2n) is 5.00. The van der Waals surface area contributed by atoms with Crippen molar-refractivity contribution in [1.82, 2.24) is 5.43 Å². The van der Waals surface area contributed by atoms with E-state index in [0.29, 0.717) is 10.9 Å². The minimum Gasteiger partial charge on any atom is -0.271 e. The molecule has 0 fully saturated rings. The lowest BCUT2D eigenvalue weighted by molar-refractivity contribution is 0.544. The summed E-state index contributed by atoms with van der Waals surface area (Å²) in [6.07, 6.45) is 0.624. The highest BCUT2D eigenvalue weighted by molar-refractivity contribution is 9.10. The molecule has 0 aliphatic carbocycles. The summed E-state index contributed by atoms with van der Waals surface area (Å²) in [4.78, 5) is 0. The molecule has 0 aliphatic heterocycles. The van der Waals surface area contributed by atoms with Gasteiger partial charge in [-0.15, -0.1) is 0 Å². The minimum atomic E-state index is -0.251. The average Bonchev–Trinajstić information content (AvgIpc) is 2.41. The van der Waals surface area contributed by atoms with Crippen molar-refractivity contribution in [1.29, 1.82) is 0 Å². The van der Waals surface area contributed by atoms with E-state index in [4.69, 9.17) is 5.84 Å². The second-order valence-corrected chi connectivity index (χ2v) is 5.79. The molecule has 2 rings (SSSR count). The van der Waals surface area contributed by atoms with Crippen molar-refractivity contribution in [2.24, 2.45) is 5.84 Å². The Hall–Kier alpha value is -1.23. The lowest BCUT2D eigenvalue weighted by atomic mass is 9.94. The van der Waals surface area contributed by atoms with E-state index in [2.05, 4.69) is 53.4 Å². The van der Waals surface area contributed by atoms with Crippen LogP contribution >= 0.6 is 15.9 Å². The zero-order valence-electron chi connectivity index (χ0n) is 11.6. The Balaban J connectivity index is 2.31. The van der Waals surface area contributed by atoms with Crippen LogP contribution in [0.1, 0.15) is 28.3 Å². The van der Waals surface area contributed by atoms with Crippen LogP contribution in [0.4, 0.5) is 4.39 Å². The number of aryl methyl sites for hydroxylation is 2. The summed E-state index contributed by atoms with van der Waals surface area (Å²) in [6, 6.07) is 11.3. The molecule has 2 aromatic carbocycles. The van der Waals surface area contributed by atoms with E-state index < -0.39 is 0 Å². The van der Waals surface area contributed by atoms with Crippen LogP contribution in [0.2, 0.25) is 0 Å². The Morgan fingerprint density at radius 3 is 2.65 bits per heavy atom. The molecule has 3 N–H and O–H groups in total. The van der Waals surface area contributed by atoms with Gasteiger partial charge in [0.15, 0.2) is 0 Å². The molecule has 0 spiro atoms. The first-order valence-electron chi connectivity index (χ1n) is 6.49. The van der Waals surface area contributed by atoms with Gasteiger partial charge in [0.1, 0.15) is 5.82 Å². The lowest BCUT2D eigenvalue weighted by Gasteiger charge is -2.20. The van der Waals surface area contributed by atoms with E-state index >= 15 is 0 Å². The molecule has 0 radical (unpaired) electrons. The number of nitrogens with one attached hydrogen (secondary N) is 1. The van der Waals surface area contributed by atoms with Crippen molar-refractivity contribution < 1.29 is 4.39 Å². The van der Waals surface area contributed by atoms with E-state index in [0.717, 1.165) is 11.1 Å². The highest BCUT2D eigenvalue weighted by Gasteiger charge is 2.15. The minimum absolute atomic E-state index is 0.0475. The van der Waals surface area contributed by atoms with Gasteiger partial charge in [-0.1, -0.05) is 35.9 Å². The molecule has 106 valence electrons. The Bertz CT molecular complexity index is 613. The molecule has 0 heterocycles. The summed E-state index contributed by atoms with van der Waals surface area (Å²) in [5.41, 5.74) is 7.26. The number of benzene rings is 2. The normalized spacial score (nSPS) is 12.4. The van der Waals surface area contributed by atoms with Gasteiger partial charge in [0.25, 0.3) is 0 Å². The predicted octanol–water partition coefficient (Wildman–Crippen LogP) is 3.95. The second kappa shape index (κ2) is 6.48. The maximum absolute atomic E-state index is 13.6. The summed E-state index contributed by atoms with van der Waals surface area (Å²) in [5.74, 6) is 5.44. The van der Waals surface area contributed by atoms with Gasteiger partial charge in [0, 0.05) is 0 Å². The van der Waals surface area contributed by atoms with Crippen molar-refractivity contribution in [3.63, 3.8) is 0 Å². The molecule has 0 bridgehead atoms. The Morgan fingerprint density at radius 2 is 2.00 bits per heavy atom. The van der Waals surface area contributed by atoms with Crippen LogP contribution in [0.5, 0.6) is 0 Å². The number of halogens is 2. The van der Waals surface area contributed by atoms with Crippen LogP contribution < -0.4 is 11.3 Å². The van der Waals surface area contributed by atoms with E-state index in [9.17, 15) is 4.39 Å². The fraction of sp³-hybridized carbons (Fsp3) is 0.250. The maximum Gasteiger partial charge on any atom is 0.137 e. The Labute approximate surface area is 127 Å². The molecular weight excluding hydrogens is 319 g/mol. The smallest absolute Gasteiger partial charge is 0.137 e. The van der Waals surface area contributed by atoms with Crippen LogP contribution in [0.3, 0.4) is 0 Å². The van der Waals surface area contributed by atoms with Gasteiger partial charge in [-0.2, -0.15) is 0 Å². The molecule has 2 nitrogen and oxygen atoms in total. The predicted molar refractivity (Wildman–Crippen MR) is 83.8 cm³/mol. The molecule has 4 heteroatoms. The van der Waals surface area contributed by atoms with Gasteiger partial charge >= 0.3 is 0 Å².